The highest BCUT2D eigenvalue weighted by atomic mass is 19.4. The van der Waals surface area contributed by atoms with Gasteiger partial charge in [-0.3, -0.25) is 9.69 Å². The van der Waals surface area contributed by atoms with Crippen molar-refractivity contribution < 1.29 is 18.0 Å². The minimum atomic E-state index is -4.69. The fourth-order valence-electron chi connectivity index (χ4n) is 3.22. The zero-order valence-corrected chi connectivity index (χ0v) is 14.5. The van der Waals surface area contributed by atoms with E-state index in [2.05, 4.69) is 15.1 Å². The van der Waals surface area contributed by atoms with E-state index in [1.54, 1.807) is 12.1 Å². The van der Waals surface area contributed by atoms with Crippen molar-refractivity contribution >= 4 is 5.91 Å². The number of alkyl halides is 3. The third kappa shape index (κ3) is 4.61. The van der Waals surface area contributed by atoms with Crippen LogP contribution in [0, 0.1) is 0 Å². The third-order valence-corrected chi connectivity index (χ3v) is 4.53. The lowest BCUT2D eigenvalue weighted by molar-refractivity contribution is -0.137. The summed E-state index contributed by atoms with van der Waals surface area (Å²) in [6.45, 7) is 2.31. The Morgan fingerprint density at radius 2 is 2.00 bits per heavy atom. The zero-order chi connectivity index (χ0) is 19.6. The van der Waals surface area contributed by atoms with Gasteiger partial charge in [-0.25, -0.2) is 0 Å². The molecule has 9 heteroatoms. The lowest BCUT2D eigenvalue weighted by Gasteiger charge is -2.30. The number of carbonyl (C=O) groups excluding carboxylic acids is 1. The third-order valence-electron chi connectivity index (χ3n) is 4.53. The number of piperidine rings is 1. The van der Waals surface area contributed by atoms with Crippen molar-refractivity contribution in [3.63, 3.8) is 0 Å². The number of amides is 1. The molecule has 1 amide bonds. The van der Waals surface area contributed by atoms with Crippen LogP contribution < -0.4 is 11.5 Å². The van der Waals surface area contributed by atoms with E-state index < -0.39 is 23.2 Å². The van der Waals surface area contributed by atoms with Gasteiger partial charge in [0.05, 0.1) is 22.5 Å². The van der Waals surface area contributed by atoms with E-state index in [1.165, 1.54) is 6.07 Å². The maximum absolute atomic E-state index is 13.2. The second-order valence-corrected chi connectivity index (χ2v) is 6.67. The van der Waals surface area contributed by atoms with Gasteiger partial charge in [-0.2, -0.15) is 23.4 Å². The summed E-state index contributed by atoms with van der Waals surface area (Å²) < 4.78 is 39.6. The molecule has 0 spiro atoms. The average molecular weight is 379 g/mol. The minimum Gasteiger partial charge on any atom is -0.366 e. The maximum atomic E-state index is 13.2. The molecule has 1 aromatic carbocycles. The largest absolute Gasteiger partial charge is 0.417 e. The van der Waals surface area contributed by atoms with Crippen molar-refractivity contribution in [3.8, 4) is 11.3 Å². The molecule has 1 aliphatic rings. The van der Waals surface area contributed by atoms with Gasteiger partial charge < -0.3 is 11.5 Å². The van der Waals surface area contributed by atoms with Gasteiger partial charge in [-0.1, -0.05) is 6.07 Å². The SMILES string of the molecule is NC(=O)c1ccc(-c2ccc(CN3CCCC(N)C3)nn2)cc1C(F)(F)F. The Morgan fingerprint density at radius 1 is 1.22 bits per heavy atom. The molecular weight excluding hydrogens is 359 g/mol. The van der Waals surface area contributed by atoms with E-state index in [0.29, 0.717) is 6.54 Å². The standard InChI is InChI=1S/C18H20F3N5O/c19-18(20,21)15-8-11(3-5-14(15)17(23)27)16-6-4-13(24-25-16)10-26-7-1-2-12(22)9-26/h3-6,8,12H,1-2,7,9-10,22H2,(H2,23,27). The Hall–Kier alpha value is -2.52. The Bertz CT molecular complexity index is 823. The number of nitrogens with zero attached hydrogens (tertiary/aromatic N) is 3. The van der Waals surface area contributed by atoms with Crippen LogP contribution in [0.15, 0.2) is 30.3 Å². The number of carbonyl (C=O) groups is 1. The first-order chi connectivity index (χ1) is 12.7. The number of rotatable bonds is 4. The van der Waals surface area contributed by atoms with Gasteiger partial charge >= 0.3 is 6.18 Å². The number of aromatic nitrogens is 2. The van der Waals surface area contributed by atoms with Gasteiger partial charge in [0.15, 0.2) is 0 Å². The smallest absolute Gasteiger partial charge is 0.366 e. The second-order valence-electron chi connectivity index (χ2n) is 6.67. The summed E-state index contributed by atoms with van der Waals surface area (Å²) >= 11 is 0. The number of primary amides is 1. The molecule has 27 heavy (non-hydrogen) atoms. The van der Waals surface area contributed by atoms with Crippen LogP contribution in [0.25, 0.3) is 11.3 Å². The first-order valence-corrected chi connectivity index (χ1v) is 8.56. The normalized spacial score (nSPS) is 18.4. The molecule has 1 fully saturated rings. The van der Waals surface area contributed by atoms with Crippen molar-refractivity contribution in [1.82, 2.24) is 15.1 Å². The predicted octanol–water partition coefficient (Wildman–Crippen LogP) is 2.18. The molecule has 1 saturated heterocycles. The summed E-state index contributed by atoms with van der Waals surface area (Å²) in [6.07, 6.45) is -2.66. The summed E-state index contributed by atoms with van der Waals surface area (Å²) in [6, 6.07) is 6.81. The van der Waals surface area contributed by atoms with E-state index in [4.69, 9.17) is 11.5 Å². The Labute approximate surface area is 154 Å². The maximum Gasteiger partial charge on any atom is 0.417 e. The van der Waals surface area contributed by atoms with Gasteiger partial charge in [0, 0.05) is 24.7 Å². The molecule has 0 bridgehead atoms. The molecule has 1 aromatic heterocycles. The summed E-state index contributed by atoms with van der Waals surface area (Å²) in [5.74, 6) is -1.13. The van der Waals surface area contributed by atoms with Crippen LogP contribution >= 0.6 is 0 Å². The van der Waals surface area contributed by atoms with Gasteiger partial charge in [0.2, 0.25) is 5.91 Å². The average Bonchev–Trinajstić information content (AvgIpc) is 2.61. The first kappa shape index (κ1) is 19.2. The number of benzene rings is 1. The lowest BCUT2D eigenvalue weighted by Crippen LogP contribution is -2.42. The number of nitrogens with two attached hydrogens (primary N) is 2. The van der Waals surface area contributed by atoms with Crippen LogP contribution in [0.1, 0.15) is 34.5 Å². The van der Waals surface area contributed by atoms with Crippen molar-refractivity contribution in [2.75, 3.05) is 13.1 Å². The molecule has 1 unspecified atom stereocenters. The molecule has 6 nitrogen and oxygen atoms in total. The van der Waals surface area contributed by atoms with E-state index in [0.717, 1.165) is 43.8 Å². The number of likely N-dealkylation sites (tertiary alicyclic amines) is 1. The van der Waals surface area contributed by atoms with Crippen LogP contribution in [0.3, 0.4) is 0 Å². The minimum absolute atomic E-state index is 0.149. The van der Waals surface area contributed by atoms with E-state index >= 15 is 0 Å². The highest BCUT2D eigenvalue weighted by Gasteiger charge is 2.35. The van der Waals surface area contributed by atoms with Gasteiger partial charge in [0.1, 0.15) is 0 Å². The van der Waals surface area contributed by atoms with Crippen LogP contribution in [-0.2, 0) is 12.7 Å². The molecule has 144 valence electrons. The summed E-state index contributed by atoms with van der Waals surface area (Å²) in [4.78, 5) is 13.4. The summed E-state index contributed by atoms with van der Waals surface area (Å²) in [7, 11) is 0. The van der Waals surface area contributed by atoms with E-state index in [-0.39, 0.29) is 17.3 Å². The van der Waals surface area contributed by atoms with Crippen molar-refractivity contribution in [2.24, 2.45) is 11.5 Å². The molecule has 4 N–H and O–H groups in total. The summed E-state index contributed by atoms with van der Waals surface area (Å²) in [5, 5.41) is 8.16. The van der Waals surface area contributed by atoms with Crippen molar-refractivity contribution in [1.29, 1.82) is 0 Å². The second kappa shape index (κ2) is 7.61. The van der Waals surface area contributed by atoms with Crippen molar-refractivity contribution in [3.05, 3.63) is 47.2 Å². The monoisotopic (exact) mass is 379 g/mol. The Kier molecular flexibility index (Phi) is 5.43. The van der Waals surface area contributed by atoms with Gasteiger partial charge in [0.25, 0.3) is 0 Å². The first-order valence-electron chi connectivity index (χ1n) is 8.56. The molecule has 1 atom stereocenters. The lowest BCUT2D eigenvalue weighted by atomic mass is 10.0. The van der Waals surface area contributed by atoms with E-state index in [9.17, 15) is 18.0 Å². The number of halogens is 3. The number of hydrogen-bond acceptors (Lipinski definition) is 5. The summed E-state index contributed by atoms with van der Waals surface area (Å²) in [5.41, 5.74) is 10.6. The molecule has 0 aliphatic carbocycles. The highest BCUT2D eigenvalue weighted by molar-refractivity contribution is 5.95. The predicted molar refractivity (Wildman–Crippen MR) is 93.5 cm³/mol. The Morgan fingerprint density at radius 3 is 2.59 bits per heavy atom. The quantitative estimate of drug-likeness (QED) is 0.849. The molecular formula is C18H20F3N5O. The molecule has 0 saturated carbocycles. The highest BCUT2D eigenvalue weighted by Crippen LogP contribution is 2.34. The topological polar surface area (TPSA) is 98.1 Å². The van der Waals surface area contributed by atoms with Crippen LogP contribution in [0.2, 0.25) is 0 Å². The van der Waals surface area contributed by atoms with E-state index in [1.807, 2.05) is 0 Å². The van der Waals surface area contributed by atoms with Gasteiger partial charge in [-0.05, 0) is 43.7 Å². The molecule has 2 aromatic rings. The van der Waals surface area contributed by atoms with Crippen LogP contribution in [-0.4, -0.2) is 40.1 Å². The molecule has 3 rings (SSSR count). The molecule has 2 heterocycles. The zero-order valence-electron chi connectivity index (χ0n) is 14.5. The van der Waals surface area contributed by atoms with Gasteiger partial charge in [-0.15, -0.1) is 0 Å². The number of hydrogen-bond donors (Lipinski definition) is 2. The molecule has 1 aliphatic heterocycles. The van der Waals surface area contributed by atoms with Crippen molar-refractivity contribution in [2.45, 2.75) is 31.6 Å². The van der Waals surface area contributed by atoms with Crippen LogP contribution in [0.4, 0.5) is 13.2 Å². The molecule has 0 radical (unpaired) electrons. The van der Waals surface area contributed by atoms with Crippen LogP contribution in [0.5, 0.6) is 0 Å². The fourth-order valence-corrected chi connectivity index (χ4v) is 3.22. The fraction of sp³-hybridized carbons (Fsp3) is 0.389. The Balaban J connectivity index is 1.81.